The number of nitrogens with one attached hydrogen (secondary N) is 1. The Bertz CT molecular complexity index is 1170. The maximum atomic E-state index is 13.0. The Hall–Kier alpha value is -2.88. The number of anilines is 1. The van der Waals surface area contributed by atoms with Gasteiger partial charge in [0.05, 0.1) is 10.6 Å². The minimum Gasteiger partial charge on any atom is -0.335 e. The van der Waals surface area contributed by atoms with E-state index in [1.54, 1.807) is 17.0 Å². The third-order valence-corrected chi connectivity index (χ3v) is 7.59. The van der Waals surface area contributed by atoms with Crippen LogP contribution in [0.3, 0.4) is 0 Å². The molecule has 1 N–H and O–H groups in total. The second kappa shape index (κ2) is 8.93. The predicted molar refractivity (Wildman–Crippen MR) is 121 cm³/mol. The summed E-state index contributed by atoms with van der Waals surface area (Å²) in [6, 6.07) is 13.5. The van der Waals surface area contributed by atoms with Crippen molar-refractivity contribution < 1.29 is 18.0 Å². The van der Waals surface area contributed by atoms with Crippen molar-refractivity contribution in [3.05, 3.63) is 70.9 Å². The molecule has 2 aliphatic rings. The average molecular weight is 475 g/mol. The summed E-state index contributed by atoms with van der Waals surface area (Å²) in [5.41, 5.74) is 4.89. The minimum atomic E-state index is -3.66. The van der Waals surface area contributed by atoms with E-state index in [1.807, 2.05) is 25.1 Å². The second-order valence-corrected chi connectivity index (χ2v) is 10.0. The lowest BCUT2D eigenvalue weighted by molar-refractivity contribution is -0.129. The van der Waals surface area contributed by atoms with Crippen molar-refractivity contribution >= 4 is 39.1 Å². The summed E-state index contributed by atoms with van der Waals surface area (Å²) in [5, 5.41) is 1.84. The minimum absolute atomic E-state index is 0.104. The van der Waals surface area contributed by atoms with E-state index in [4.69, 9.17) is 11.6 Å². The van der Waals surface area contributed by atoms with Gasteiger partial charge >= 0.3 is 0 Å². The van der Waals surface area contributed by atoms with E-state index in [9.17, 15) is 18.0 Å². The molecule has 0 bridgehead atoms. The number of halogens is 1. The van der Waals surface area contributed by atoms with Crippen LogP contribution in [0.1, 0.15) is 12.0 Å². The molecule has 2 amide bonds. The van der Waals surface area contributed by atoms with Crippen LogP contribution in [-0.4, -0.2) is 55.6 Å². The summed E-state index contributed by atoms with van der Waals surface area (Å²) in [6.07, 6.45) is 1.68. The molecule has 10 heteroatoms. The van der Waals surface area contributed by atoms with E-state index in [1.165, 1.54) is 33.6 Å². The van der Waals surface area contributed by atoms with Crippen LogP contribution in [0.15, 0.2) is 65.2 Å². The van der Waals surface area contributed by atoms with Crippen molar-refractivity contribution in [2.75, 3.05) is 31.2 Å². The summed E-state index contributed by atoms with van der Waals surface area (Å²) < 4.78 is 27.1. The maximum Gasteiger partial charge on any atom is 0.271 e. The average Bonchev–Trinajstić information content (AvgIpc) is 2.79. The Labute approximate surface area is 192 Å². The van der Waals surface area contributed by atoms with Crippen molar-refractivity contribution in [1.29, 1.82) is 0 Å². The normalized spacial score (nSPS) is 17.7. The van der Waals surface area contributed by atoms with Crippen LogP contribution in [-0.2, 0) is 19.6 Å². The number of carbonyl (C=O) groups is 2. The van der Waals surface area contributed by atoms with Gasteiger partial charge in [0.15, 0.2) is 0 Å². The molecule has 2 aliphatic heterocycles. The quantitative estimate of drug-likeness (QED) is 0.734. The number of hydrazine groups is 1. The number of amides is 2. The van der Waals surface area contributed by atoms with Gasteiger partial charge in [-0.3, -0.25) is 15.0 Å². The van der Waals surface area contributed by atoms with Gasteiger partial charge in [0, 0.05) is 37.6 Å². The first kappa shape index (κ1) is 22.3. The smallest absolute Gasteiger partial charge is 0.271 e. The zero-order valence-corrected chi connectivity index (χ0v) is 19.1. The fraction of sp³-hybridized carbons (Fsp3) is 0.273. The van der Waals surface area contributed by atoms with Gasteiger partial charge in [-0.2, -0.15) is 4.31 Å². The summed E-state index contributed by atoms with van der Waals surface area (Å²) in [4.78, 5) is 27.2. The van der Waals surface area contributed by atoms with Crippen molar-refractivity contribution in [2.45, 2.75) is 18.2 Å². The zero-order valence-electron chi connectivity index (χ0n) is 17.5. The highest BCUT2D eigenvalue weighted by Gasteiger charge is 2.32. The predicted octanol–water partition coefficient (Wildman–Crippen LogP) is 2.31. The molecule has 2 aromatic carbocycles. The third kappa shape index (κ3) is 4.50. The van der Waals surface area contributed by atoms with Crippen LogP contribution in [0.5, 0.6) is 0 Å². The fourth-order valence-electron chi connectivity index (χ4n) is 3.68. The van der Waals surface area contributed by atoms with E-state index in [0.29, 0.717) is 16.4 Å². The monoisotopic (exact) mass is 474 g/mol. The van der Waals surface area contributed by atoms with Gasteiger partial charge in [0.1, 0.15) is 5.70 Å². The first-order chi connectivity index (χ1) is 15.3. The number of benzene rings is 2. The summed E-state index contributed by atoms with van der Waals surface area (Å²) in [7, 11) is -3.66. The molecule has 32 heavy (non-hydrogen) atoms. The van der Waals surface area contributed by atoms with Gasteiger partial charge in [0.25, 0.3) is 5.91 Å². The second-order valence-electron chi connectivity index (χ2n) is 7.65. The molecule has 168 valence electrons. The molecule has 2 heterocycles. The molecule has 1 fully saturated rings. The Balaban J connectivity index is 1.42. The molecule has 1 saturated heterocycles. The molecule has 0 saturated carbocycles. The van der Waals surface area contributed by atoms with E-state index in [0.717, 1.165) is 5.56 Å². The van der Waals surface area contributed by atoms with Crippen molar-refractivity contribution in [2.24, 2.45) is 0 Å². The van der Waals surface area contributed by atoms with E-state index in [2.05, 4.69) is 5.43 Å². The molecule has 0 aromatic heterocycles. The molecule has 0 radical (unpaired) electrons. The summed E-state index contributed by atoms with van der Waals surface area (Å²) >= 11 is 5.85. The standard InChI is InChI=1S/C22H23ClN4O4S/c1-16-3-2-4-18(15-16)27-21(28)10-9-20(24-27)22(29)25-11-13-26(14-12-25)32(30,31)19-7-5-17(23)6-8-19/h2-9,15,24H,10-14H2,1H3. The van der Waals surface area contributed by atoms with Crippen LogP contribution in [0, 0.1) is 6.92 Å². The van der Waals surface area contributed by atoms with E-state index in [-0.39, 0.29) is 49.3 Å². The molecule has 4 rings (SSSR count). The number of hydrogen-bond acceptors (Lipinski definition) is 5. The largest absolute Gasteiger partial charge is 0.335 e. The van der Waals surface area contributed by atoms with Crippen molar-refractivity contribution in [3.63, 3.8) is 0 Å². The fourth-order valence-corrected chi connectivity index (χ4v) is 5.23. The van der Waals surface area contributed by atoms with Gasteiger partial charge in [0.2, 0.25) is 15.9 Å². The number of aryl methyl sites for hydroxylation is 1. The Morgan fingerprint density at radius 2 is 1.72 bits per heavy atom. The van der Waals surface area contributed by atoms with Gasteiger partial charge in [-0.1, -0.05) is 23.7 Å². The van der Waals surface area contributed by atoms with Gasteiger partial charge in [-0.05, 0) is 55.0 Å². The van der Waals surface area contributed by atoms with Crippen LogP contribution < -0.4 is 10.4 Å². The molecule has 2 aromatic rings. The highest BCUT2D eigenvalue weighted by Crippen LogP contribution is 2.22. The van der Waals surface area contributed by atoms with Crippen LogP contribution in [0.2, 0.25) is 5.02 Å². The van der Waals surface area contributed by atoms with E-state index >= 15 is 0 Å². The van der Waals surface area contributed by atoms with Crippen LogP contribution in [0.4, 0.5) is 5.69 Å². The summed E-state index contributed by atoms with van der Waals surface area (Å²) in [5.74, 6) is -0.426. The molecule has 0 unspecified atom stereocenters. The van der Waals surface area contributed by atoms with E-state index < -0.39 is 10.0 Å². The number of carbonyl (C=O) groups excluding carboxylic acids is 2. The SMILES string of the molecule is Cc1cccc(N2NC(C(=O)N3CCN(S(=O)(=O)c4ccc(Cl)cc4)CC3)=CCC2=O)c1. The number of hydrogen-bond donors (Lipinski definition) is 1. The molecular formula is C22H23ClN4O4S. The zero-order chi connectivity index (χ0) is 22.9. The van der Waals surface area contributed by atoms with Gasteiger partial charge < -0.3 is 4.90 Å². The highest BCUT2D eigenvalue weighted by atomic mass is 35.5. The maximum absolute atomic E-state index is 13.0. The molecule has 0 aliphatic carbocycles. The molecule has 0 atom stereocenters. The van der Waals surface area contributed by atoms with Crippen molar-refractivity contribution in [1.82, 2.24) is 14.6 Å². The molecule has 8 nitrogen and oxygen atoms in total. The Morgan fingerprint density at radius 1 is 1.03 bits per heavy atom. The molecule has 0 spiro atoms. The third-order valence-electron chi connectivity index (χ3n) is 5.43. The number of rotatable bonds is 4. The van der Waals surface area contributed by atoms with Gasteiger partial charge in [-0.15, -0.1) is 0 Å². The Kier molecular flexibility index (Phi) is 6.23. The van der Waals surface area contributed by atoms with Crippen LogP contribution in [0.25, 0.3) is 0 Å². The summed E-state index contributed by atoms with van der Waals surface area (Å²) in [6.45, 7) is 2.80. The number of sulfonamides is 1. The topological polar surface area (TPSA) is 90.0 Å². The highest BCUT2D eigenvalue weighted by molar-refractivity contribution is 7.89. The molecular weight excluding hydrogens is 452 g/mol. The number of piperazine rings is 1. The van der Waals surface area contributed by atoms with Gasteiger partial charge in [-0.25, -0.2) is 13.4 Å². The first-order valence-electron chi connectivity index (χ1n) is 10.2. The Morgan fingerprint density at radius 3 is 2.38 bits per heavy atom. The lowest BCUT2D eigenvalue weighted by Crippen LogP contribution is -2.54. The number of nitrogens with zero attached hydrogens (tertiary/aromatic N) is 3. The lowest BCUT2D eigenvalue weighted by Gasteiger charge is -2.36. The van der Waals surface area contributed by atoms with Crippen molar-refractivity contribution in [3.8, 4) is 0 Å². The lowest BCUT2D eigenvalue weighted by atomic mass is 10.2. The van der Waals surface area contributed by atoms with Crippen LogP contribution >= 0.6 is 11.6 Å². The first-order valence-corrected chi connectivity index (χ1v) is 12.0.